The molecule has 0 aliphatic carbocycles. The van der Waals surface area contributed by atoms with Crippen LogP contribution in [0.5, 0.6) is 5.75 Å². The number of rotatable bonds is 2. The lowest BCUT2D eigenvalue weighted by Crippen LogP contribution is -2.35. The van der Waals surface area contributed by atoms with E-state index in [0.717, 1.165) is 36.4 Å². The van der Waals surface area contributed by atoms with Crippen LogP contribution >= 0.6 is 0 Å². The molecule has 3 rings (SSSR count). The lowest BCUT2D eigenvalue weighted by atomic mass is 10.0. The highest BCUT2D eigenvalue weighted by Crippen LogP contribution is 2.31. The topological polar surface area (TPSA) is 42.7 Å². The van der Waals surface area contributed by atoms with Gasteiger partial charge < -0.3 is 14.1 Å². The van der Waals surface area contributed by atoms with Crippen molar-refractivity contribution in [1.29, 1.82) is 0 Å². The SMILES string of the molecule is COc1ccc2c(c1)CCCN2C(=O)c1ccoc1C. The Labute approximate surface area is 118 Å². The number of benzene rings is 1. The molecule has 1 aromatic carbocycles. The number of carbonyl (C=O) groups excluding carboxylic acids is 1. The predicted octanol–water partition coefficient (Wildman–Crippen LogP) is 3.19. The van der Waals surface area contributed by atoms with Crippen molar-refractivity contribution in [3.63, 3.8) is 0 Å². The van der Waals surface area contributed by atoms with Crippen LogP contribution < -0.4 is 9.64 Å². The Morgan fingerprint density at radius 1 is 1.35 bits per heavy atom. The Bertz CT molecular complexity index is 645. The highest BCUT2D eigenvalue weighted by Gasteiger charge is 2.25. The van der Waals surface area contributed by atoms with Gasteiger partial charge in [0.05, 0.1) is 18.9 Å². The van der Waals surface area contributed by atoms with Crippen LogP contribution in [0.25, 0.3) is 0 Å². The van der Waals surface area contributed by atoms with E-state index >= 15 is 0 Å². The van der Waals surface area contributed by atoms with Crippen molar-refractivity contribution >= 4 is 11.6 Å². The molecule has 2 aromatic rings. The summed E-state index contributed by atoms with van der Waals surface area (Å²) in [5.74, 6) is 1.50. The van der Waals surface area contributed by atoms with Gasteiger partial charge in [0.1, 0.15) is 11.5 Å². The van der Waals surface area contributed by atoms with Gasteiger partial charge in [-0.25, -0.2) is 0 Å². The van der Waals surface area contributed by atoms with E-state index in [4.69, 9.17) is 9.15 Å². The molecular weight excluding hydrogens is 254 g/mol. The average molecular weight is 271 g/mol. The Hall–Kier alpha value is -2.23. The highest BCUT2D eigenvalue weighted by molar-refractivity contribution is 6.07. The molecule has 0 unspecified atom stereocenters. The molecule has 1 aromatic heterocycles. The first-order chi connectivity index (χ1) is 9.70. The summed E-state index contributed by atoms with van der Waals surface area (Å²) >= 11 is 0. The molecule has 0 fully saturated rings. The van der Waals surface area contributed by atoms with Crippen molar-refractivity contribution in [1.82, 2.24) is 0 Å². The maximum Gasteiger partial charge on any atom is 0.261 e. The van der Waals surface area contributed by atoms with Crippen LogP contribution in [0.1, 0.15) is 28.1 Å². The molecule has 0 saturated carbocycles. The lowest BCUT2D eigenvalue weighted by Gasteiger charge is -2.29. The second kappa shape index (κ2) is 5.04. The van der Waals surface area contributed by atoms with E-state index in [-0.39, 0.29) is 5.91 Å². The van der Waals surface area contributed by atoms with Gasteiger partial charge in [0.25, 0.3) is 5.91 Å². The van der Waals surface area contributed by atoms with Crippen molar-refractivity contribution in [3.8, 4) is 5.75 Å². The quantitative estimate of drug-likeness (QED) is 0.842. The fourth-order valence-corrected chi connectivity index (χ4v) is 2.66. The average Bonchev–Trinajstić information content (AvgIpc) is 2.91. The largest absolute Gasteiger partial charge is 0.497 e. The number of anilines is 1. The van der Waals surface area contributed by atoms with Gasteiger partial charge in [-0.2, -0.15) is 0 Å². The van der Waals surface area contributed by atoms with Gasteiger partial charge in [-0.3, -0.25) is 4.79 Å². The van der Waals surface area contributed by atoms with E-state index in [1.165, 1.54) is 0 Å². The third-order valence-electron chi connectivity index (χ3n) is 3.74. The van der Waals surface area contributed by atoms with Crippen molar-refractivity contribution < 1.29 is 13.9 Å². The molecule has 0 spiro atoms. The van der Waals surface area contributed by atoms with Gasteiger partial charge in [-0.1, -0.05) is 0 Å². The number of carbonyl (C=O) groups is 1. The molecular formula is C16H17NO3. The number of aryl methyl sites for hydroxylation is 2. The Morgan fingerprint density at radius 2 is 2.20 bits per heavy atom. The van der Waals surface area contributed by atoms with Crippen LogP contribution in [-0.4, -0.2) is 19.6 Å². The van der Waals surface area contributed by atoms with E-state index in [2.05, 4.69) is 0 Å². The van der Waals surface area contributed by atoms with Crippen LogP contribution in [0.4, 0.5) is 5.69 Å². The normalized spacial score (nSPS) is 14.0. The first kappa shape index (κ1) is 12.8. The van der Waals surface area contributed by atoms with E-state index in [1.54, 1.807) is 19.4 Å². The lowest BCUT2D eigenvalue weighted by molar-refractivity contribution is 0.0983. The number of nitrogens with zero attached hydrogens (tertiary/aromatic N) is 1. The zero-order chi connectivity index (χ0) is 14.1. The molecule has 0 radical (unpaired) electrons. The summed E-state index contributed by atoms with van der Waals surface area (Å²) in [7, 11) is 1.66. The Balaban J connectivity index is 1.98. The molecule has 4 heteroatoms. The molecule has 0 N–H and O–H groups in total. The number of hydrogen-bond donors (Lipinski definition) is 0. The number of hydrogen-bond acceptors (Lipinski definition) is 3. The van der Waals surface area contributed by atoms with Gasteiger partial charge >= 0.3 is 0 Å². The highest BCUT2D eigenvalue weighted by atomic mass is 16.5. The van der Waals surface area contributed by atoms with Crippen LogP contribution in [-0.2, 0) is 6.42 Å². The molecule has 0 atom stereocenters. The van der Waals surface area contributed by atoms with Gasteiger partial charge in [0.15, 0.2) is 0 Å². The summed E-state index contributed by atoms with van der Waals surface area (Å²) in [4.78, 5) is 14.5. The molecule has 1 aliphatic heterocycles. The van der Waals surface area contributed by atoms with Gasteiger partial charge in [-0.05, 0) is 49.6 Å². The first-order valence-electron chi connectivity index (χ1n) is 6.73. The van der Waals surface area contributed by atoms with E-state index < -0.39 is 0 Å². The van der Waals surface area contributed by atoms with Gasteiger partial charge in [0, 0.05) is 12.2 Å². The Kier molecular flexibility index (Phi) is 3.22. The zero-order valence-corrected chi connectivity index (χ0v) is 11.7. The summed E-state index contributed by atoms with van der Waals surface area (Å²) in [5, 5.41) is 0. The molecule has 0 saturated heterocycles. The Morgan fingerprint density at radius 3 is 2.90 bits per heavy atom. The molecule has 1 aliphatic rings. The summed E-state index contributed by atoms with van der Waals surface area (Å²) in [6.07, 6.45) is 3.49. The molecule has 4 nitrogen and oxygen atoms in total. The molecule has 0 bridgehead atoms. The fourth-order valence-electron chi connectivity index (χ4n) is 2.66. The maximum atomic E-state index is 12.6. The van der Waals surface area contributed by atoms with E-state index in [1.807, 2.05) is 30.0 Å². The third kappa shape index (κ3) is 2.07. The summed E-state index contributed by atoms with van der Waals surface area (Å²) in [5.41, 5.74) is 2.77. The number of furan rings is 1. The van der Waals surface area contributed by atoms with E-state index in [9.17, 15) is 4.79 Å². The van der Waals surface area contributed by atoms with Crippen LogP contribution in [0.15, 0.2) is 34.9 Å². The number of ether oxygens (including phenoxy) is 1. The monoisotopic (exact) mass is 271 g/mol. The minimum atomic E-state index is 0.00219. The first-order valence-corrected chi connectivity index (χ1v) is 6.73. The molecule has 20 heavy (non-hydrogen) atoms. The zero-order valence-electron chi connectivity index (χ0n) is 11.7. The van der Waals surface area contributed by atoms with Crippen molar-refractivity contribution in [2.45, 2.75) is 19.8 Å². The van der Waals surface area contributed by atoms with Gasteiger partial charge in [0.2, 0.25) is 0 Å². The third-order valence-corrected chi connectivity index (χ3v) is 3.74. The second-order valence-corrected chi connectivity index (χ2v) is 4.95. The van der Waals surface area contributed by atoms with Gasteiger partial charge in [-0.15, -0.1) is 0 Å². The predicted molar refractivity (Wildman–Crippen MR) is 76.4 cm³/mol. The van der Waals surface area contributed by atoms with Crippen LogP contribution in [0.3, 0.4) is 0 Å². The minimum absolute atomic E-state index is 0.00219. The number of methoxy groups -OCH3 is 1. The molecule has 1 amide bonds. The van der Waals surface area contributed by atoms with Crippen molar-refractivity contribution in [2.75, 3.05) is 18.6 Å². The molecule has 2 heterocycles. The summed E-state index contributed by atoms with van der Waals surface area (Å²) in [6.45, 7) is 2.55. The van der Waals surface area contributed by atoms with Crippen LogP contribution in [0, 0.1) is 6.92 Å². The van der Waals surface area contributed by atoms with E-state index in [0.29, 0.717) is 11.3 Å². The standard InChI is InChI=1S/C16H17NO3/c1-11-14(7-9-20-11)16(18)17-8-3-4-12-10-13(19-2)5-6-15(12)17/h5-7,9-10H,3-4,8H2,1-2H3. The smallest absolute Gasteiger partial charge is 0.261 e. The second-order valence-electron chi connectivity index (χ2n) is 4.95. The van der Waals surface area contributed by atoms with Crippen molar-refractivity contribution in [2.24, 2.45) is 0 Å². The maximum absolute atomic E-state index is 12.6. The number of amides is 1. The number of fused-ring (bicyclic) bond motifs is 1. The summed E-state index contributed by atoms with van der Waals surface area (Å²) in [6, 6.07) is 7.60. The van der Waals surface area contributed by atoms with Crippen LogP contribution in [0.2, 0.25) is 0 Å². The fraction of sp³-hybridized carbons (Fsp3) is 0.312. The minimum Gasteiger partial charge on any atom is -0.497 e. The summed E-state index contributed by atoms with van der Waals surface area (Å²) < 4.78 is 10.5. The molecule has 104 valence electrons. The van der Waals surface area contributed by atoms with Crippen molar-refractivity contribution in [3.05, 3.63) is 47.4 Å².